The molecule has 0 saturated heterocycles. The van der Waals surface area contributed by atoms with E-state index in [4.69, 9.17) is 15.1 Å². The molecule has 0 fully saturated rings. The predicted octanol–water partition coefficient (Wildman–Crippen LogP) is 1.16. The van der Waals surface area contributed by atoms with Crippen molar-refractivity contribution in [3.8, 4) is 0 Å². The number of aliphatic hydroxyl groups is 2. The lowest BCUT2D eigenvalue weighted by molar-refractivity contribution is -0.107. The lowest BCUT2D eigenvalue weighted by atomic mass is 9.90. The lowest BCUT2D eigenvalue weighted by Gasteiger charge is -2.31. The van der Waals surface area contributed by atoms with Gasteiger partial charge in [0.15, 0.2) is 0 Å². The molecule has 15 heavy (non-hydrogen) atoms. The van der Waals surface area contributed by atoms with Gasteiger partial charge in [0.2, 0.25) is 0 Å². The largest absolute Gasteiger partial charge is 0.503 e. The van der Waals surface area contributed by atoms with Gasteiger partial charge in [0, 0.05) is 7.11 Å². The number of halogens is 1. The Morgan fingerprint density at radius 2 is 1.40 bits per heavy atom. The summed E-state index contributed by atoms with van der Waals surface area (Å²) in [5.41, 5.74) is -2.01. The SMILES string of the molecule is CC(C)(O)C(C)(C)O.COP(=O)(O)OF. The summed E-state index contributed by atoms with van der Waals surface area (Å²) in [7, 11) is -3.46. The van der Waals surface area contributed by atoms with Crippen molar-refractivity contribution < 1.29 is 33.4 Å². The van der Waals surface area contributed by atoms with E-state index in [1.807, 2.05) is 0 Å². The molecule has 0 saturated carbocycles. The third-order valence-corrected chi connectivity index (χ3v) is 2.45. The minimum Gasteiger partial charge on any atom is -0.387 e. The molecule has 0 radical (unpaired) electrons. The number of rotatable bonds is 3. The van der Waals surface area contributed by atoms with Crippen LogP contribution in [-0.2, 0) is 13.8 Å². The smallest absolute Gasteiger partial charge is 0.387 e. The molecule has 8 heteroatoms. The highest BCUT2D eigenvalue weighted by Gasteiger charge is 2.31. The fourth-order valence-electron chi connectivity index (χ4n) is 0.0282. The first-order valence-corrected chi connectivity index (χ1v) is 5.50. The number of phosphoric ester groups is 1. The Kier molecular flexibility index (Phi) is 6.81. The molecular weight excluding hydrogens is 230 g/mol. The normalized spacial score (nSPS) is 16.3. The van der Waals surface area contributed by atoms with Crippen LogP contribution < -0.4 is 0 Å². The molecule has 0 bridgehead atoms. The third kappa shape index (κ3) is 8.92. The van der Waals surface area contributed by atoms with Crippen LogP contribution in [-0.4, -0.2) is 33.4 Å². The van der Waals surface area contributed by atoms with E-state index in [1.54, 1.807) is 27.7 Å². The maximum Gasteiger partial charge on any atom is 0.503 e. The second-order valence-electron chi connectivity index (χ2n) is 3.84. The van der Waals surface area contributed by atoms with Crippen molar-refractivity contribution in [1.29, 1.82) is 0 Å². The van der Waals surface area contributed by atoms with Crippen LogP contribution in [0, 0.1) is 0 Å². The zero-order valence-electron chi connectivity index (χ0n) is 9.39. The average molecular weight is 248 g/mol. The first kappa shape index (κ1) is 17.4. The molecule has 0 aromatic carbocycles. The van der Waals surface area contributed by atoms with E-state index in [1.165, 1.54) is 0 Å². The van der Waals surface area contributed by atoms with Crippen molar-refractivity contribution >= 4 is 7.82 Å². The van der Waals surface area contributed by atoms with Gasteiger partial charge in [-0.05, 0) is 32.2 Å². The predicted molar refractivity (Wildman–Crippen MR) is 51.6 cm³/mol. The molecular formula is C7H18FO6P. The van der Waals surface area contributed by atoms with E-state index in [-0.39, 0.29) is 0 Å². The van der Waals surface area contributed by atoms with Crippen LogP contribution in [0.4, 0.5) is 4.53 Å². The summed E-state index contributed by atoms with van der Waals surface area (Å²) < 4.78 is 26.4. The molecule has 0 aliphatic rings. The van der Waals surface area contributed by atoms with E-state index in [2.05, 4.69) is 9.25 Å². The molecule has 3 N–H and O–H groups in total. The second-order valence-corrected chi connectivity index (χ2v) is 5.28. The van der Waals surface area contributed by atoms with Crippen LogP contribution in [0.25, 0.3) is 0 Å². The average Bonchev–Trinajstić information content (AvgIpc) is 2.02. The molecule has 0 amide bonds. The van der Waals surface area contributed by atoms with E-state index >= 15 is 0 Å². The van der Waals surface area contributed by atoms with E-state index in [9.17, 15) is 9.09 Å². The van der Waals surface area contributed by atoms with Crippen molar-refractivity contribution in [2.75, 3.05) is 7.11 Å². The van der Waals surface area contributed by atoms with Gasteiger partial charge in [-0.1, -0.05) is 4.73 Å². The summed E-state index contributed by atoms with van der Waals surface area (Å²) in [5, 5.41) is 18.2. The molecule has 0 aromatic rings. The van der Waals surface area contributed by atoms with Gasteiger partial charge in [-0.25, -0.2) is 4.57 Å². The highest BCUT2D eigenvalue weighted by molar-refractivity contribution is 7.47. The van der Waals surface area contributed by atoms with Gasteiger partial charge >= 0.3 is 7.82 Å². The Hall–Kier alpha value is -0.0400. The number of hydrogen-bond donors (Lipinski definition) is 3. The second kappa shape index (κ2) is 5.89. The Morgan fingerprint density at radius 3 is 1.40 bits per heavy atom. The van der Waals surface area contributed by atoms with Crippen LogP contribution in [0.5, 0.6) is 0 Å². The summed E-state index contributed by atoms with van der Waals surface area (Å²) in [6, 6.07) is 0. The van der Waals surface area contributed by atoms with Crippen LogP contribution in [0.2, 0.25) is 0 Å². The minimum atomic E-state index is -4.32. The van der Waals surface area contributed by atoms with Crippen LogP contribution in [0.1, 0.15) is 27.7 Å². The van der Waals surface area contributed by atoms with Crippen molar-refractivity contribution in [3.63, 3.8) is 0 Å². The zero-order valence-corrected chi connectivity index (χ0v) is 10.3. The summed E-state index contributed by atoms with van der Waals surface area (Å²) in [4.78, 5) is 7.87. The van der Waals surface area contributed by atoms with E-state index in [0.717, 1.165) is 7.11 Å². The molecule has 0 rings (SSSR count). The fraction of sp³-hybridized carbons (Fsp3) is 1.00. The van der Waals surface area contributed by atoms with Gasteiger partial charge in [0.05, 0.1) is 11.2 Å². The maximum atomic E-state index is 10.6. The molecule has 1 unspecified atom stereocenters. The van der Waals surface area contributed by atoms with Crippen LogP contribution in [0.15, 0.2) is 0 Å². The molecule has 0 aliphatic heterocycles. The molecule has 0 heterocycles. The van der Waals surface area contributed by atoms with E-state index in [0.29, 0.717) is 0 Å². The summed E-state index contributed by atoms with van der Waals surface area (Å²) in [6.45, 7) is 6.31. The Balaban J connectivity index is 0. The molecule has 94 valence electrons. The van der Waals surface area contributed by atoms with E-state index < -0.39 is 19.0 Å². The Labute approximate surface area is 88.2 Å². The van der Waals surface area contributed by atoms with Crippen molar-refractivity contribution in [1.82, 2.24) is 0 Å². The number of phosphoric acid groups is 1. The van der Waals surface area contributed by atoms with Crippen molar-refractivity contribution in [3.05, 3.63) is 0 Å². The van der Waals surface area contributed by atoms with Crippen LogP contribution >= 0.6 is 7.82 Å². The quantitative estimate of drug-likeness (QED) is 0.648. The highest BCUT2D eigenvalue weighted by Crippen LogP contribution is 2.41. The summed E-state index contributed by atoms with van der Waals surface area (Å²) >= 11 is 0. The Bertz CT molecular complexity index is 199. The molecule has 0 aliphatic carbocycles. The molecule has 1 atom stereocenters. The van der Waals surface area contributed by atoms with Gasteiger partial charge in [-0.2, -0.15) is 0 Å². The standard InChI is InChI=1S/C6H14O2.CH4FO4P/c1-5(2,7)6(3,4)8;1-5-7(3,4)6-2/h7-8H,1-4H3;1H3,(H,3,4). The van der Waals surface area contributed by atoms with Gasteiger partial charge in [0.25, 0.3) is 0 Å². The van der Waals surface area contributed by atoms with Gasteiger partial charge in [-0.15, -0.1) is 0 Å². The fourth-order valence-corrected chi connectivity index (χ4v) is 0.0845. The summed E-state index contributed by atoms with van der Waals surface area (Å²) in [6.07, 6.45) is 0. The minimum absolute atomic E-state index is 0.861. The highest BCUT2D eigenvalue weighted by atomic mass is 31.2. The Morgan fingerprint density at radius 1 is 1.13 bits per heavy atom. The summed E-state index contributed by atoms with van der Waals surface area (Å²) in [5.74, 6) is 0. The molecule has 6 nitrogen and oxygen atoms in total. The van der Waals surface area contributed by atoms with Gasteiger partial charge < -0.3 is 15.1 Å². The third-order valence-electron chi connectivity index (χ3n) is 1.82. The first-order chi connectivity index (χ1) is 6.37. The van der Waals surface area contributed by atoms with Crippen LogP contribution in [0.3, 0.4) is 0 Å². The topological polar surface area (TPSA) is 96.2 Å². The van der Waals surface area contributed by atoms with Gasteiger partial charge in [0.1, 0.15) is 0 Å². The van der Waals surface area contributed by atoms with Crippen molar-refractivity contribution in [2.24, 2.45) is 0 Å². The molecule has 0 spiro atoms. The maximum absolute atomic E-state index is 10.6. The lowest BCUT2D eigenvalue weighted by Crippen LogP contribution is -2.44. The molecule has 0 aromatic heterocycles. The van der Waals surface area contributed by atoms with Crippen molar-refractivity contribution in [2.45, 2.75) is 38.9 Å². The number of hydrogen-bond acceptors (Lipinski definition) is 5. The first-order valence-electron chi connectivity index (χ1n) is 4.01. The monoisotopic (exact) mass is 248 g/mol. The zero-order chi connectivity index (χ0) is 12.9. The van der Waals surface area contributed by atoms with Gasteiger partial charge in [-0.3, -0.25) is 4.52 Å².